The second-order valence-electron chi connectivity index (χ2n) is 6.46. The Morgan fingerprint density at radius 2 is 1.90 bits per heavy atom. The minimum Gasteiger partial charge on any atom is -0.508 e. The van der Waals surface area contributed by atoms with Crippen molar-refractivity contribution in [2.45, 2.75) is 26.3 Å². The van der Waals surface area contributed by atoms with Crippen LogP contribution in [0.1, 0.15) is 42.2 Å². The first-order chi connectivity index (χ1) is 13.9. The zero-order chi connectivity index (χ0) is 21.2. The molecule has 6 nitrogen and oxygen atoms in total. The number of rotatable bonds is 8. The maximum Gasteiger partial charge on any atom is 0.251 e. The van der Waals surface area contributed by atoms with Crippen molar-refractivity contribution < 1.29 is 18.7 Å². The van der Waals surface area contributed by atoms with Gasteiger partial charge in [-0.2, -0.15) is 0 Å². The van der Waals surface area contributed by atoms with Crippen LogP contribution in [0.3, 0.4) is 0 Å². The van der Waals surface area contributed by atoms with Crippen molar-refractivity contribution in [2.75, 3.05) is 19.6 Å². The summed E-state index contributed by atoms with van der Waals surface area (Å²) in [6, 6.07) is 9.65. The van der Waals surface area contributed by atoms with Crippen LogP contribution in [0.4, 0.5) is 8.78 Å². The minimum absolute atomic E-state index is 0. The fourth-order valence-corrected chi connectivity index (χ4v) is 2.61. The van der Waals surface area contributed by atoms with Gasteiger partial charge in [0.05, 0.1) is 6.04 Å². The monoisotopic (exact) mass is 532 g/mol. The highest BCUT2D eigenvalue weighted by Gasteiger charge is 2.11. The van der Waals surface area contributed by atoms with Crippen molar-refractivity contribution in [2.24, 2.45) is 4.99 Å². The number of guanidine groups is 1. The average molecular weight is 532 g/mol. The predicted molar refractivity (Wildman–Crippen MR) is 124 cm³/mol. The molecule has 1 atom stereocenters. The Kier molecular flexibility index (Phi) is 11.1. The zero-order valence-corrected chi connectivity index (χ0v) is 19.2. The lowest BCUT2D eigenvalue weighted by molar-refractivity contribution is 0.0953. The summed E-state index contributed by atoms with van der Waals surface area (Å²) in [4.78, 5) is 16.4. The summed E-state index contributed by atoms with van der Waals surface area (Å²) in [5.41, 5.74) is 0.997. The highest BCUT2D eigenvalue weighted by molar-refractivity contribution is 14.0. The summed E-state index contributed by atoms with van der Waals surface area (Å²) in [7, 11) is 0. The highest BCUT2D eigenvalue weighted by atomic mass is 127. The van der Waals surface area contributed by atoms with Gasteiger partial charge < -0.3 is 21.1 Å². The first-order valence-corrected chi connectivity index (χ1v) is 9.47. The van der Waals surface area contributed by atoms with Crippen molar-refractivity contribution in [1.29, 1.82) is 0 Å². The van der Waals surface area contributed by atoms with Gasteiger partial charge in [-0.15, -0.1) is 24.0 Å². The third kappa shape index (κ3) is 8.13. The average Bonchev–Trinajstić information content (AvgIpc) is 2.69. The van der Waals surface area contributed by atoms with Crippen molar-refractivity contribution >= 4 is 35.8 Å². The maximum atomic E-state index is 13.4. The number of amides is 1. The minimum atomic E-state index is -0.888. The van der Waals surface area contributed by atoms with Gasteiger partial charge in [-0.1, -0.05) is 12.1 Å². The second kappa shape index (κ2) is 13.0. The van der Waals surface area contributed by atoms with Crippen LogP contribution in [-0.2, 0) is 0 Å². The van der Waals surface area contributed by atoms with E-state index in [1.807, 2.05) is 13.8 Å². The fraction of sp³-hybridized carbons (Fsp3) is 0.333. The Balaban J connectivity index is 0.00000450. The summed E-state index contributed by atoms with van der Waals surface area (Å²) in [5.74, 6) is -1.44. The van der Waals surface area contributed by atoms with Gasteiger partial charge in [-0.25, -0.2) is 8.78 Å². The Labute approximate surface area is 192 Å². The van der Waals surface area contributed by atoms with Crippen LogP contribution in [0.2, 0.25) is 0 Å². The van der Waals surface area contributed by atoms with Crippen molar-refractivity contribution in [3.05, 3.63) is 65.2 Å². The number of carbonyl (C=O) groups is 1. The van der Waals surface area contributed by atoms with E-state index in [-0.39, 0.29) is 41.7 Å². The van der Waals surface area contributed by atoms with Gasteiger partial charge in [0.15, 0.2) is 17.6 Å². The molecule has 0 aliphatic carbocycles. The number of phenols is 1. The molecule has 1 amide bonds. The Bertz CT molecular complexity index is 865. The van der Waals surface area contributed by atoms with E-state index >= 15 is 0 Å². The van der Waals surface area contributed by atoms with E-state index in [0.717, 1.165) is 12.1 Å². The Morgan fingerprint density at radius 1 is 1.13 bits per heavy atom. The molecule has 30 heavy (non-hydrogen) atoms. The van der Waals surface area contributed by atoms with Gasteiger partial charge in [0.1, 0.15) is 5.75 Å². The van der Waals surface area contributed by atoms with Crippen LogP contribution in [-0.4, -0.2) is 36.6 Å². The quantitative estimate of drug-likeness (QED) is 0.181. The largest absolute Gasteiger partial charge is 0.508 e. The number of hydrogen-bond donors (Lipinski definition) is 4. The summed E-state index contributed by atoms with van der Waals surface area (Å²) >= 11 is 0. The fourth-order valence-electron chi connectivity index (χ4n) is 2.61. The molecule has 4 N–H and O–H groups in total. The van der Waals surface area contributed by atoms with Crippen LogP contribution in [0.5, 0.6) is 5.75 Å². The van der Waals surface area contributed by atoms with Crippen LogP contribution in [0.15, 0.2) is 47.5 Å². The van der Waals surface area contributed by atoms with Gasteiger partial charge in [-0.3, -0.25) is 9.79 Å². The molecular weight excluding hydrogens is 505 g/mol. The van der Waals surface area contributed by atoms with Crippen LogP contribution in [0, 0.1) is 11.6 Å². The first-order valence-electron chi connectivity index (χ1n) is 9.47. The van der Waals surface area contributed by atoms with Gasteiger partial charge >= 0.3 is 0 Å². The predicted octanol–water partition coefficient (Wildman–Crippen LogP) is 3.72. The second-order valence-corrected chi connectivity index (χ2v) is 6.46. The van der Waals surface area contributed by atoms with Gasteiger partial charge in [0.2, 0.25) is 0 Å². The number of aromatic hydroxyl groups is 1. The third-order valence-corrected chi connectivity index (χ3v) is 4.14. The molecular formula is C21H27F2IN4O2. The highest BCUT2D eigenvalue weighted by Crippen LogP contribution is 2.15. The van der Waals surface area contributed by atoms with Crippen LogP contribution < -0.4 is 16.0 Å². The summed E-state index contributed by atoms with van der Waals surface area (Å²) in [6.45, 7) is 5.28. The molecule has 0 radical (unpaired) electrons. The summed E-state index contributed by atoms with van der Waals surface area (Å²) in [6.07, 6.45) is 0.612. The molecule has 2 aromatic rings. The standard InChI is InChI=1S/C21H26F2N4O2.HI/c1-3-24-21(27-14(2)15-8-9-18(22)19(23)13-15)26-11-5-10-25-20(29)16-6-4-7-17(28)12-16;/h4,6-9,12-14,28H,3,5,10-11H2,1-2H3,(H,25,29)(H2,24,26,27);1H. The van der Waals surface area contributed by atoms with Gasteiger partial charge in [0.25, 0.3) is 5.91 Å². The number of halogens is 3. The third-order valence-electron chi connectivity index (χ3n) is 4.14. The number of aliphatic imine (C=N–C) groups is 1. The molecule has 0 aliphatic rings. The molecule has 0 aromatic heterocycles. The number of benzene rings is 2. The van der Waals surface area contributed by atoms with E-state index in [2.05, 4.69) is 20.9 Å². The molecule has 9 heteroatoms. The van der Waals surface area contributed by atoms with Crippen LogP contribution in [0.25, 0.3) is 0 Å². The normalized spacial score (nSPS) is 11.9. The summed E-state index contributed by atoms with van der Waals surface area (Å²) in [5, 5.41) is 18.4. The molecule has 1 unspecified atom stereocenters. The van der Waals surface area contributed by atoms with Crippen LogP contribution >= 0.6 is 24.0 Å². The lowest BCUT2D eigenvalue weighted by Crippen LogP contribution is -2.39. The van der Waals surface area contributed by atoms with Gasteiger partial charge in [0, 0.05) is 25.2 Å². The topological polar surface area (TPSA) is 85.8 Å². The number of nitrogens with zero attached hydrogens (tertiary/aromatic N) is 1. The first kappa shape index (κ1) is 25.6. The van der Waals surface area contributed by atoms with Crippen molar-refractivity contribution in [3.63, 3.8) is 0 Å². The smallest absolute Gasteiger partial charge is 0.251 e. The maximum absolute atomic E-state index is 13.4. The molecule has 0 saturated carbocycles. The van der Waals surface area contributed by atoms with E-state index < -0.39 is 11.6 Å². The SMILES string of the molecule is CCNC(=NCCCNC(=O)c1cccc(O)c1)NC(C)c1ccc(F)c(F)c1.I. The molecule has 0 saturated heterocycles. The lowest BCUT2D eigenvalue weighted by Gasteiger charge is -2.18. The number of nitrogens with one attached hydrogen (secondary N) is 3. The number of phenolic OH excluding ortho intramolecular Hbond substituents is 1. The molecule has 0 bridgehead atoms. The molecule has 164 valence electrons. The van der Waals surface area contributed by atoms with Gasteiger partial charge in [-0.05, 0) is 56.2 Å². The molecule has 0 heterocycles. The molecule has 0 fully saturated rings. The van der Waals surface area contributed by atoms with E-state index in [0.29, 0.717) is 43.1 Å². The molecule has 0 spiro atoms. The summed E-state index contributed by atoms with van der Waals surface area (Å²) < 4.78 is 26.5. The Morgan fingerprint density at radius 3 is 2.57 bits per heavy atom. The zero-order valence-electron chi connectivity index (χ0n) is 16.9. The van der Waals surface area contributed by atoms with E-state index in [4.69, 9.17) is 0 Å². The van der Waals surface area contributed by atoms with E-state index in [1.165, 1.54) is 18.2 Å². The number of carbonyl (C=O) groups excluding carboxylic acids is 1. The molecule has 0 aliphatic heterocycles. The molecule has 2 aromatic carbocycles. The number of hydrogen-bond acceptors (Lipinski definition) is 3. The van der Waals surface area contributed by atoms with E-state index in [1.54, 1.807) is 12.1 Å². The molecule has 2 rings (SSSR count). The van der Waals surface area contributed by atoms with Crippen molar-refractivity contribution in [1.82, 2.24) is 16.0 Å². The van der Waals surface area contributed by atoms with E-state index in [9.17, 15) is 18.7 Å². The Hall–Kier alpha value is -2.43. The lowest BCUT2D eigenvalue weighted by atomic mass is 10.1. The van der Waals surface area contributed by atoms with Crippen molar-refractivity contribution in [3.8, 4) is 5.75 Å².